The summed E-state index contributed by atoms with van der Waals surface area (Å²) in [5.41, 5.74) is 7.63. The van der Waals surface area contributed by atoms with E-state index in [2.05, 4.69) is 37.5 Å². The molecule has 0 spiro atoms. The summed E-state index contributed by atoms with van der Waals surface area (Å²) in [7, 11) is 0. The standard InChI is InChI=1S/C16H16N2O/c1-16(2)13-6-4-3-5-11(13)12-8-7-10(9-14(12)16)15(19)18-17/h3-9H,17H2,1-2H3,(H,18,19). The second-order valence-electron chi connectivity index (χ2n) is 5.40. The number of hydrogen-bond acceptors (Lipinski definition) is 2. The third-order valence-electron chi connectivity index (χ3n) is 3.98. The predicted molar refractivity (Wildman–Crippen MR) is 75.7 cm³/mol. The van der Waals surface area contributed by atoms with Crippen molar-refractivity contribution >= 4 is 5.91 Å². The first kappa shape index (κ1) is 11.9. The molecule has 0 heterocycles. The van der Waals surface area contributed by atoms with E-state index < -0.39 is 0 Å². The number of nitrogens with two attached hydrogens (primary N) is 1. The van der Waals surface area contributed by atoms with Crippen LogP contribution in [0.15, 0.2) is 42.5 Å². The average molecular weight is 252 g/mol. The molecule has 1 aliphatic rings. The number of hydrazine groups is 1. The van der Waals surface area contributed by atoms with Gasteiger partial charge < -0.3 is 0 Å². The zero-order valence-electron chi connectivity index (χ0n) is 11.0. The van der Waals surface area contributed by atoms with Crippen molar-refractivity contribution in [3.63, 3.8) is 0 Å². The number of carbonyl (C=O) groups excluding carboxylic acids is 1. The molecular weight excluding hydrogens is 236 g/mol. The number of rotatable bonds is 1. The summed E-state index contributed by atoms with van der Waals surface area (Å²) in [4.78, 5) is 11.7. The zero-order valence-corrected chi connectivity index (χ0v) is 11.0. The molecule has 2 aromatic carbocycles. The van der Waals surface area contributed by atoms with Gasteiger partial charge in [-0.05, 0) is 34.4 Å². The topological polar surface area (TPSA) is 55.1 Å². The largest absolute Gasteiger partial charge is 0.290 e. The van der Waals surface area contributed by atoms with E-state index in [-0.39, 0.29) is 11.3 Å². The molecule has 3 N–H and O–H groups in total. The van der Waals surface area contributed by atoms with Gasteiger partial charge in [0.2, 0.25) is 0 Å². The molecular formula is C16H16N2O. The highest BCUT2D eigenvalue weighted by molar-refractivity contribution is 5.95. The molecule has 0 saturated carbocycles. The maximum Gasteiger partial charge on any atom is 0.265 e. The van der Waals surface area contributed by atoms with Crippen molar-refractivity contribution in [3.05, 3.63) is 59.2 Å². The molecule has 3 nitrogen and oxygen atoms in total. The van der Waals surface area contributed by atoms with Crippen molar-refractivity contribution in [1.82, 2.24) is 5.43 Å². The zero-order chi connectivity index (χ0) is 13.6. The van der Waals surface area contributed by atoms with E-state index in [4.69, 9.17) is 5.84 Å². The molecule has 0 aromatic heterocycles. The number of carbonyl (C=O) groups is 1. The van der Waals surface area contributed by atoms with Crippen LogP contribution in [-0.2, 0) is 5.41 Å². The highest BCUT2D eigenvalue weighted by atomic mass is 16.2. The second kappa shape index (κ2) is 3.93. The van der Waals surface area contributed by atoms with Crippen molar-refractivity contribution in [2.24, 2.45) is 5.84 Å². The van der Waals surface area contributed by atoms with Gasteiger partial charge in [-0.2, -0.15) is 0 Å². The number of benzene rings is 2. The molecule has 1 amide bonds. The summed E-state index contributed by atoms with van der Waals surface area (Å²) in [6.45, 7) is 4.36. The average Bonchev–Trinajstić information content (AvgIpc) is 2.67. The molecule has 0 aliphatic heterocycles. The molecule has 0 fully saturated rings. The normalized spacial score (nSPS) is 14.7. The predicted octanol–water partition coefficient (Wildman–Crippen LogP) is 2.60. The van der Waals surface area contributed by atoms with Crippen LogP contribution < -0.4 is 11.3 Å². The Balaban J connectivity index is 2.24. The van der Waals surface area contributed by atoms with Gasteiger partial charge in [0, 0.05) is 11.0 Å². The smallest absolute Gasteiger partial charge is 0.265 e. The lowest BCUT2D eigenvalue weighted by atomic mass is 9.82. The lowest BCUT2D eigenvalue weighted by Crippen LogP contribution is -2.30. The molecule has 1 aliphatic carbocycles. The monoisotopic (exact) mass is 252 g/mol. The van der Waals surface area contributed by atoms with Gasteiger partial charge in [-0.25, -0.2) is 5.84 Å². The fraction of sp³-hybridized carbons (Fsp3) is 0.188. The van der Waals surface area contributed by atoms with Gasteiger partial charge in [0.25, 0.3) is 5.91 Å². The lowest BCUT2D eigenvalue weighted by molar-refractivity contribution is 0.0953. The first-order valence-electron chi connectivity index (χ1n) is 6.31. The summed E-state index contributed by atoms with van der Waals surface area (Å²) >= 11 is 0. The minimum atomic E-state index is -0.255. The van der Waals surface area contributed by atoms with E-state index >= 15 is 0 Å². The van der Waals surface area contributed by atoms with E-state index in [0.717, 1.165) is 0 Å². The first-order valence-corrected chi connectivity index (χ1v) is 6.31. The summed E-state index contributed by atoms with van der Waals surface area (Å²) in [5.74, 6) is 4.95. The highest BCUT2D eigenvalue weighted by Crippen LogP contribution is 2.48. The summed E-state index contributed by atoms with van der Waals surface area (Å²) in [5, 5.41) is 0. The number of fused-ring (bicyclic) bond motifs is 3. The van der Waals surface area contributed by atoms with Crippen LogP contribution in [0.2, 0.25) is 0 Å². The van der Waals surface area contributed by atoms with Gasteiger partial charge >= 0.3 is 0 Å². The van der Waals surface area contributed by atoms with Gasteiger partial charge in [0.1, 0.15) is 0 Å². The molecule has 0 radical (unpaired) electrons. The van der Waals surface area contributed by atoms with Crippen molar-refractivity contribution in [2.75, 3.05) is 0 Å². The summed E-state index contributed by atoms with van der Waals surface area (Å²) in [6, 6.07) is 14.2. The van der Waals surface area contributed by atoms with E-state index in [1.807, 2.05) is 24.3 Å². The van der Waals surface area contributed by atoms with Crippen molar-refractivity contribution in [2.45, 2.75) is 19.3 Å². The van der Waals surface area contributed by atoms with E-state index in [0.29, 0.717) is 5.56 Å². The quantitative estimate of drug-likeness (QED) is 0.465. The fourth-order valence-corrected chi connectivity index (χ4v) is 2.93. The van der Waals surface area contributed by atoms with Gasteiger partial charge in [-0.15, -0.1) is 0 Å². The van der Waals surface area contributed by atoms with Gasteiger partial charge in [-0.1, -0.05) is 44.2 Å². The van der Waals surface area contributed by atoms with E-state index in [1.54, 1.807) is 0 Å². The number of amides is 1. The van der Waals surface area contributed by atoms with Crippen molar-refractivity contribution in [1.29, 1.82) is 0 Å². The van der Waals surface area contributed by atoms with Crippen LogP contribution in [0, 0.1) is 0 Å². The molecule has 0 unspecified atom stereocenters. The second-order valence-corrected chi connectivity index (χ2v) is 5.40. The molecule has 0 saturated heterocycles. The molecule has 3 heteroatoms. The SMILES string of the molecule is CC1(C)c2ccccc2-c2ccc(C(=O)NN)cc21. The fourth-order valence-electron chi connectivity index (χ4n) is 2.93. The minimum Gasteiger partial charge on any atom is -0.290 e. The van der Waals surface area contributed by atoms with Gasteiger partial charge in [0.05, 0.1) is 0 Å². The Kier molecular flexibility index (Phi) is 2.47. The van der Waals surface area contributed by atoms with E-state index in [1.165, 1.54) is 22.3 Å². The Morgan fingerprint density at radius 3 is 2.47 bits per heavy atom. The molecule has 19 heavy (non-hydrogen) atoms. The Labute approximate surface area is 112 Å². The Bertz CT molecular complexity index is 674. The third kappa shape index (κ3) is 1.59. The van der Waals surface area contributed by atoms with Crippen molar-refractivity contribution in [3.8, 4) is 11.1 Å². The van der Waals surface area contributed by atoms with Crippen LogP contribution in [0.3, 0.4) is 0 Å². The summed E-state index contributed by atoms with van der Waals surface area (Å²) in [6.07, 6.45) is 0. The maximum atomic E-state index is 11.7. The van der Waals surface area contributed by atoms with Crippen LogP contribution in [0.4, 0.5) is 0 Å². The first-order chi connectivity index (χ1) is 9.05. The van der Waals surface area contributed by atoms with E-state index in [9.17, 15) is 4.79 Å². The molecule has 2 aromatic rings. The third-order valence-corrected chi connectivity index (χ3v) is 3.98. The maximum absolute atomic E-state index is 11.7. The molecule has 0 atom stereocenters. The highest BCUT2D eigenvalue weighted by Gasteiger charge is 2.35. The number of nitrogens with one attached hydrogen (secondary N) is 1. The minimum absolute atomic E-state index is 0.0865. The van der Waals surface area contributed by atoms with Gasteiger partial charge in [-0.3, -0.25) is 10.2 Å². The Hall–Kier alpha value is -2.13. The lowest BCUT2D eigenvalue weighted by Gasteiger charge is -2.21. The van der Waals surface area contributed by atoms with Crippen LogP contribution in [0.5, 0.6) is 0 Å². The van der Waals surface area contributed by atoms with Gasteiger partial charge in [0.15, 0.2) is 0 Å². The summed E-state index contributed by atoms with van der Waals surface area (Å²) < 4.78 is 0. The Morgan fingerprint density at radius 2 is 1.74 bits per heavy atom. The Morgan fingerprint density at radius 1 is 1.05 bits per heavy atom. The molecule has 96 valence electrons. The van der Waals surface area contributed by atoms with Crippen LogP contribution in [0.25, 0.3) is 11.1 Å². The van der Waals surface area contributed by atoms with Crippen LogP contribution in [-0.4, -0.2) is 5.91 Å². The van der Waals surface area contributed by atoms with Crippen molar-refractivity contribution < 1.29 is 4.79 Å². The van der Waals surface area contributed by atoms with Crippen LogP contribution in [0.1, 0.15) is 35.3 Å². The van der Waals surface area contributed by atoms with Crippen LogP contribution >= 0.6 is 0 Å². The molecule has 3 rings (SSSR count). The number of nitrogen functional groups attached to an aromatic ring is 1. The number of hydrogen-bond donors (Lipinski definition) is 2. The molecule has 0 bridgehead atoms.